The predicted molar refractivity (Wildman–Crippen MR) is 123 cm³/mol. The molecule has 10 heteroatoms. The zero-order chi connectivity index (χ0) is 22.7. The van der Waals surface area contributed by atoms with E-state index in [1.54, 1.807) is 16.6 Å². The molecule has 0 aliphatic carbocycles. The van der Waals surface area contributed by atoms with Gasteiger partial charge in [0.15, 0.2) is 17.3 Å². The Morgan fingerprint density at radius 2 is 1.78 bits per heavy atom. The van der Waals surface area contributed by atoms with E-state index in [1.807, 2.05) is 29.6 Å². The molecule has 4 rings (SSSR count). The van der Waals surface area contributed by atoms with Crippen LogP contribution in [0.3, 0.4) is 0 Å². The van der Waals surface area contributed by atoms with Gasteiger partial charge in [-0.25, -0.2) is 4.52 Å². The van der Waals surface area contributed by atoms with Crippen LogP contribution in [0.5, 0.6) is 17.2 Å². The largest absolute Gasteiger partial charge is 0.493 e. The first-order valence-electron chi connectivity index (χ1n) is 9.71. The van der Waals surface area contributed by atoms with Gasteiger partial charge in [0.1, 0.15) is 0 Å². The number of benzene rings is 2. The van der Waals surface area contributed by atoms with E-state index in [0.29, 0.717) is 46.6 Å². The standard InChI is InChI=1S/C22H21ClN4O4S/c1-29-17-10-14(11-18(30-2)19(17)31-3)21(28)24-9-8-16-12-32-22-25-20(26-27(16)22)13-4-6-15(23)7-5-13/h4-7,10-12H,8-9H2,1-3H3,(H,24,28). The van der Waals surface area contributed by atoms with Gasteiger partial charge in [0.25, 0.3) is 5.91 Å². The van der Waals surface area contributed by atoms with Crippen LogP contribution in [-0.2, 0) is 6.42 Å². The Hall–Kier alpha value is -3.30. The van der Waals surface area contributed by atoms with Gasteiger partial charge in [0, 0.05) is 34.5 Å². The second-order valence-electron chi connectivity index (χ2n) is 6.78. The van der Waals surface area contributed by atoms with Crippen molar-refractivity contribution >= 4 is 33.8 Å². The van der Waals surface area contributed by atoms with E-state index in [2.05, 4.69) is 15.4 Å². The third kappa shape index (κ3) is 4.35. The normalized spacial score (nSPS) is 10.9. The first kappa shape index (κ1) is 21.9. The summed E-state index contributed by atoms with van der Waals surface area (Å²) in [5.74, 6) is 1.69. The second-order valence-corrected chi connectivity index (χ2v) is 8.06. The van der Waals surface area contributed by atoms with Crippen LogP contribution in [0.2, 0.25) is 5.02 Å². The molecule has 0 atom stereocenters. The van der Waals surface area contributed by atoms with Gasteiger partial charge >= 0.3 is 0 Å². The Bertz CT molecular complexity index is 1230. The maximum absolute atomic E-state index is 12.7. The number of amides is 1. The SMILES string of the molecule is COc1cc(C(=O)NCCc2csc3nc(-c4ccc(Cl)cc4)nn23)cc(OC)c1OC. The van der Waals surface area contributed by atoms with Gasteiger partial charge in [-0.1, -0.05) is 11.6 Å². The number of nitrogens with zero attached hydrogens (tertiary/aromatic N) is 3. The minimum Gasteiger partial charge on any atom is -0.493 e. The van der Waals surface area contributed by atoms with Crippen molar-refractivity contribution in [2.75, 3.05) is 27.9 Å². The molecule has 0 aliphatic heterocycles. The Kier molecular flexibility index (Phi) is 6.48. The smallest absolute Gasteiger partial charge is 0.251 e. The van der Waals surface area contributed by atoms with E-state index in [1.165, 1.54) is 32.7 Å². The first-order chi connectivity index (χ1) is 15.5. The predicted octanol–water partition coefficient (Wildman–Crippen LogP) is 4.11. The zero-order valence-corrected chi connectivity index (χ0v) is 19.3. The zero-order valence-electron chi connectivity index (χ0n) is 17.7. The molecule has 1 amide bonds. The molecule has 8 nitrogen and oxygen atoms in total. The maximum Gasteiger partial charge on any atom is 0.251 e. The number of thiazole rings is 1. The van der Waals surface area contributed by atoms with Gasteiger partial charge in [-0.3, -0.25) is 4.79 Å². The molecule has 0 bridgehead atoms. The molecule has 0 radical (unpaired) electrons. The summed E-state index contributed by atoms with van der Waals surface area (Å²) in [6.45, 7) is 0.428. The van der Waals surface area contributed by atoms with E-state index in [-0.39, 0.29) is 5.91 Å². The molecule has 2 heterocycles. The second kappa shape index (κ2) is 9.46. The number of nitrogens with one attached hydrogen (secondary N) is 1. The highest BCUT2D eigenvalue weighted by Gasteiger charge is 2.17. The molecule has 32 heavy (non-hydrogen) atoms. The monoisotopic (exact) mass is 472 g/mol. The lowest BCUT2D eigenvalue weighted by Crippen LogP contribution is -2.26. The van der Waals surface area contributed by atoms with Gasteiger partial charge in [-0.15, -0.1) is 16.4 Å². The van der Waals surface area contributed by atoms with E-state index in [9.17, 15) is 4.79 Å². The lowest BCUT2D eigenvalue weighted by atomic mass is 10.1. The van der Waals surface area contributed by atoms with Crippen LogP contribution in [-0.4, -0.2) is 48.4 Å². The van der Waals surface area contributed by atoms with Crippen molar-refractivity contribution in [2.45, 2.75) is 6.42 Å². The molecule has 2 aromatic heterocycles. The van der Waals surface area contributed by atoms with Gasteiger partial charge in [0.2, 0.25) is 10.7 Å². The fourth-order valence-electron chi connectivity index (χ4n) is 3.24. The van der Waals surface area contributed by atoms with Crippen LogP contribution >= 0.6 is 22.9 Å². The number of carbonyl (C=O) groups is 1. The summed E-state index contributed by atoms with van der Waals surface area (Å²) >= 11 is 7.46. The van der Waals surface area contributed by atoms with Gasteiger partial charge in [-0.05, 0) is 36.4 Å². The third-order valence-corrected chi connectivity index (χ3v) is 5.96. The van der Waals surface area contributed by atoms with E-state index >= 15 is 0 Å². The molecule has 0 unspecified atom stereocenters. The average Bonchev–Trinajstić information content (AvgIpc) is 3.40. The van der Waals surface area contributed by atoms with Crippen molar-refractivity contribution < 1.29 is 19.0 Å². The van der Waals surface area contributed by atoms with Crippen molar-refractivity contribution in [1.82, 2.24) is 19.9 Å². The lowest BCUT2D eigenvalue weighted by Gasteiger charge is -2.14. The summed E-state index contributed by atoms with van der Waals surface area (Å²) in [5.41, 5.74) is 2.27. The fourth-order valence-corrected chi connectivity index (χ4v) is 4.22. The number of ether oxygens (including phenoxy) is 3. The molecule has 166 valence electrons. The van der Waals surface area contributed by atoms with Crippen molar-refractivity contribution in [1.29, 1.82) is 0 Å². The van der Waals surface area contributed by atoms with Crippen LogP contribution in [0.25, 0.3) is 16.3 Å². The Morgan fingerprint density at radius 1 is 1.09 bits per heavy atom. The van der Waals surface area contributed by atoms with E-state index < -0.39 is 0 Å². The van der Waals surface area contributed by atoms with E-state index in [0.717, 1.165) is 16.2 Å². The molecule has 4 aromatic rings. The molecule has 0 spiro atoms. The Labute approximate surface area is 193 Å². The van der Waals surface area contributed by atoms with Gasteiger partial charge < -0.3 is 19.5 Å². The molecule has 0 aliphatic rings. The third-order valence-electron chi connectivity index (χ3n) is 4.85. The fraction of sp³-hybridized carbons (Fsp3) is 0.227. The topological polar surface area (TPSA) is 87.0 Å². The van der Waals surface area contributed by atoms with Crippen LogP contribution in [0.4, 0.5) is 0 Å². The molecular formula is C22H21ClN4O4S. The number of fused-ring (bicyclic) bond motifs is 1. The number of methoxy groups -OCH3 is 3. The van der Waals surface area contributed by atoms with Gasteiger partial charge in [0.05, 0.1) is 27.0 Å². The quantitative estimate of drug-likeness (QED) is 0.415. The highest BCUT2D eigenvalue weighted by Crippen LogP contribution is 2.38. The molecule has 2 aromatic carbocycles. The number of hydrogen-bond donors (Lipinski definition) is 1. The summed E-state index contributed by atoms with van der Waals surface area (Å²) in [5, 5.41) is 10.2. The van der Waals surface area contributed by atoms with Crippen molar-refractivity contribution in [2.24, 2.45) is 0 Å². The minimum absolute atomic E-state index is 0.240. The minimum atomic E-state index is -0.240. The molecule has 0 saturated carbocycles. The molecule has 1 N–H and O–H groups in total. The summed E-state index contributed by atoms with van der Waals surface area (Å²) in [4.78, 5) is 18.1. The van der Waals surface area contributed by atoms with Crippen molar-refractivity contribution in [3.8, 4) is 28.6 Å². The number of carbonyl (C=O) groups excluding carboxylic acids is 1. The van der Waals surface area contributed by atoms with Crippen LogP contribution < -0.4 is 19.5 Å². The Morgan fingerprint density at radius 3 is 2.41 bits per heavy atom. The van der Waals surface area contributed by atoms with Gasteiger partial charge in [-0.2, -0.15) is 4.98 Å². The summed E-state index contributed by atoms with van der Waals surface area (Å²) < 4.78 is 17.7. The Balaban J connectivity index is 1.45. The van der Waals surface area contributed by atoms with E-state index in [4.69, 9.17) is 25.8 Å². The van der Waals surface area contributed by atoms with Crippen molar-refractivity contribution in [3.63, 3.8) is 0 Å². The molecular weight excluding hydrogens is 452 g/mol. The first-order valence-corrected chi connectivity index (χ1v) is 11.0. The summed E-state index contributed by atoms with van der Waals surface area (Å²) in [7, 11) is 4.54. The summed E-state index contributed by atoms with van der Waals surface area (Å²) in [6.07, 6.45) is 0.597. The number of rotatable bonds is 8. The number of hydrogen-bond acceptors (Lipinski definition) is 7. The summed E-state index contributed by atoms with van der Waals surface area (Å²) in [6, 6.07) is 10.6. The highest BCUT2D eigenvalue weighted by molar-refractivity contribution is 7.15. The highest BCUT2D eigenvalue weighted by atomic mass is 35.5. The average molecular weight is 473 g/mol. The molecule has 0 fully saturated rings. The molecule has 0 saturated heterocycles. The number of aromatic nitrogens is 3. The van der Waals surface area contributed by atoms with Crippen LogP contribution in [0.1, 0.15) is 16.1 Å². The maximum atomic E-state index is 12.7. The van der Waals surface area contributed by atoms with Crippen molar-refractivity contribution in [3.05, 3.63) is 58.1 Å². The number of halogens is 1. The lowest BCUT2D eigenvalue weighted by molar-refractivity contribution is 0.0953. The van der Waals surface area contributed by atoms with Crippen LogP contribution in [0.15, 0.2) is 41.8 Å². The van der Waals surface area contributed by atoms with Crippen LogP contribution in [0, 0.1) is 0 Å².